The number of carbonyl (C=O) groups is 1. The van der Waals surface area contributed by atoms with Crippen molar-refractivity contribution in [3.8, 4) is 0 Å². The summed E-state index contributed by atoms with van der Waals surface area (Å²) < 4.78 is 0. The summed E-state index contributed by atoms with van der Waals surface area (Å²) in [5.74, 6) is 0.229. The van der Waals surface area contributed by atoms with E-state index in [1.54, 1.807) is 18.3 Å². The predicted molar refractivity (Wildman–Crippen MR) is 56.2 cm³/mol. The van der Waals surface area contributed by atoms with Crippen molar-refractivity contribution in [2.45, 2.75) is 13.3 Å². The maximum Gasteiger partial charge on any atom is 0.135 e. The first kappa shape index (κ1) is 8.45. The molecule has 1 aromatic heterocycles. The Morgan fingerprint density at radius 3 is 2.92 bits per heavy atom. The number of thiophene rings is 1. The van der Waals surface area contributed by atoms with E-state index < -0.39 is 0 Å². The molecule has 0 bridgehead atoms. The highest BCUT2D eigenvalue weighted by molar-refractivity contribution is 7.11. The van der Waals surface area contributed by atoms with Crippen molar-refractivity contribution in [1.29, 1.82) is 0 Å². The largest absolute Gasteiger partial charge is 0.300 e. The third-order valence-electron chi connectivity index (χ3n) is 2.00. The van der Waals surface area contributed by atoms with Crippen molar-refractivity contribution < 1.29 is 4.79 Å². The lowest BCUT2D eigenvalue weighted by molar-refractivity contribution is -0.116. The minimum Gasteiger partial charge on any atom is -0.300 e. The molecule has 13 heavy (non-hydrogen) atoms. The number of rotatable bonds is 2. The Morgan fingerprint density at radius 2 is 2.15 bits per heavy atom. The van der Waals surface area contributed by atoms with E-state index in [0.29, 0.717) is 6.42 Å². The molecular formula is C11H10OS. The van der Waals surface area contributed by atoms with Gasteiger partial charge < -0.3 is 0 Å². The predicted octanol–water partition coefficient (Wildman–Crippen LogP) is 3.03. The van der Waals surface area contributed by atoms with Crippen LogP contribution in [0.5, 0.6) is 0 Å². The summed E-state index contributed by atoms with van der Waals surface area (Å²) in [6.45, 7) is 1.63. The van der Waals surface area contributed by atoms with Crippen LogP contribution in [0.25, 0.3) is 10.8 Å². The van der Waals surface area contributed by atoms with E-state index in [4.69, 9.17) is 0 Å². The van der Waals surface area contributed by atoms with Crippen LogP contribution in [0.15, 0.2) is 29.6 Å². The Kier molecular flexibility index (Phi) is 2.15. The summed E-state index contributed by atoms with van der Waals surface area (Å²) >= 11 is 1.67. The Labute approximate surface area is 81.0 Å². The summed E-state index contributed by atoms with van der Waals surface area (Å²) in [4.78, 5) is 12.1. The number of carbonyl (C=O) groups excluding carboxylic acids is 1. The first-order chi connectivity index (χ1) is 6.27. The molecule has 2 rings (SSSR count). The van der Waals surface area contributed by atoms with Crippen molar-refractivity contribution in [3.63, 3.8) is 0 Å². The van der Waals surface area contributed by atoms with Crippen molar-refractivity contribution in [2.24, 2.45) is 0 Å². The molecule has 0 atom stereocenters. The second kappa shape index (κ2) is 3.30. The molecule has 66 valence electrons. The average molecular weight is 190 g/mol. The van der Waals surface area contributed by atoms with Gasteiger partial charge in [0.2, 0.25) is 0 Å². The normalized spacial score (nSPS) is 10.5. The Morgan fingerprint density at radius 1 is 1.38 bits per heavy atom. The summed E-state index contributed by atoms with van der Waals surface area (Å²) in [5, 5.41) is 4.57. The zero-order valence-electron chi connectivity index (χ0n) is 7.41. The van der Waals surface area contributed by atoms with Gasteiger partial charge in [-0.25, -0.2) is 0 Å². The lowest BCUT2D eigenvalue weighted by atomic mass is 10.1. The summed E-state index contributed by atoms with van der Waals surface area (Å²) in [6.07, 6.45) is 0.568. The van der Waals surface area contributed by atoms with Gasteiger partial charge in [-0.15, -0.1) is 11.3 Å². The highest BCUT2D eigenvalue weighted by Crippen LogP contribution is 2.25. The van der Waals surface area contributed by atoms with Gasteiger partial charge in [0, 0.05) is 11.3 Å². The van der Waals surface area contributed by atoms with Gasteiger partial charge in [-0.05, 0) is 23.1 Å². The number of fused-ring (bicyclic) bond motifs is 1. The van der Waals surface area contributed by atoms with Crippen LogP contribution in [0.3, 0.4) is 0 Å². The second-order valence-corrected chi connectivity index (χ2v) is 4.09. The molecule has 1 aromatic carbocycles. The Hall–Kier alpha value is -1.15. The minimum absolute atomic E-state index is 0.229. The highest BCUT2D eigenvalue weighted by Gasteiger charge is 2.04. The van der Waals surface area contributed by atoms with Crippen LogP contribution >= 0.6 is 11.3 Å². The van der Waals surface area contributed by atoms with E-state index in [0.717, 1.165) is 0 Å². The monoisotopic (exact) mass is 190 g/mol. The number of benzene rings is 1. The SMILES string of the molecule is CC(=O)Cc1scc2ccccc12. The summed E-state index contributed by atoms with van der Waals surface area (Å²) in [6, 6.07) is 8.19. The molecule has 0 fully saturated rings. The van der Waals surface area contributed by atoms with Gasteiger partial charge in [-0.1, -0.05) is 24.3 Å². The Bertz CT molecular complexity index is 442. The molecule has 1 nitrogen and oxygen atoms in total. The minimum atomic E-state index is 0.229. The van der Waals surface area contributed by atoms with Crippen LogP contribution in [0.1, 0.15) is 11.8 Å². The van der Waals surface area contributed by atoms with Gasteiger partial charge in [0.05, 0.1) is 0 Å². The lowest BCUT2D eigenvalue weighted by Gasteiger charge is -1.93. The van der Waals surface area contributed by atoms with Gasteiger partial charge in [-0.3, -0.25) is 4.79 Å². The third-order valence-corrected chi connectivity index (χ3v) is 3.02. The molecule has 1 heterocycles. The summed E-state index contributed by atoms with van der Waals surface area (Å²) in [5.41, 5.74) is 0. The highest BCUT2D eigenvalue weighted by atomic mass is 32.1. The molecule has 0 aliphatic rings. The lowest BCUT2D eigenvalue weighted by Crippen LogP contribution is -1.93. The number of ketones is 1. The van der Waals surface area contributed by atoms with Gasteiger partial charge in [0.15, 0.2) is 0 Å². The van der Waals surface area contributed by atoms with E-state index in [2.05, 4.69) is 17.5 Å². The molecule has 0 aliphatic heterocycles. The van der Waals surface area contributed by atoms with E-state index in [1.165, 1.54) is 15.6 Å². The number of Topliss-reactive ketones (excluding diaryl/α,β-unsaturated/α-hetero) is 1. The van der Waals surface area contributed by atoms with E-state index in [1.807, 2.05) is 12.1 Å². The fourth-order valence-electron chi connectivity index (χ4n) is 1.41. The van der Waals surface area contributed by atoms with Crippen LogP contribution in [0.2, 0.25) is 0 Å². The van der Waals surface area contributed by atoms with Crippen LogP contribution < -0.4 is 0 Å². The Balaban J connectivity index is 2.51. The first-order valence-corrected chi connectivity index (χ1v) is 5.10. The molecule has 0 spiro atoms. The molecule has 0 saturated carbocycles. The van der Waals surface area contributed by atoms with Crippen LogP contribution in [0, 0.1) is 0 Å². The summed E-state index contributed by atoms with van der Waals surface area (Å²) in [7, 11) is 0. The fraction of sp³-hybridized carbons (Fsp3) is 0.182. The van der Waals surface area contributed by atoms with E-state index in [9.17, 15) is 4.79 Å². The molecule has 0 amide bonds. The number of hydrogen-bond donors (Lipinski definition) is 0. The maximum atomic E-state index is 11.0. The topological polar surface area (TPSA) is 17.1 Å². The number of hydrogen-bond acceptors (Lipinski definition) is 2. The van der Waals surface area contributed by atoms with Gasteiger partial charge in [0.1, 0.15) is 5.78 Å². The molecule has 0 unspecified atom stereocenters. The zero-order valence-corrected chi connectivity index (χ0v) is 8.23. The molecule has 2 heteroatoms. The van der Waals surface area contributed by atoms with Crippen LogP contribution in [0.4, 0.5) is 0 Å². The molecule has 0 radical (unpaired) electrons. The van der Waals surface area contributed by atoms with E-state index in [-0.39, 0.29) is 5.78 Å². The molecule has 0 N–H and O–H groups in total. The van der Waals surface area contributed by atoms with Crippen LogP contribution in [-0.2, 0) is 11.2 Å². The quantitative estimate of drug-likeness (QED) is 0.711. The molecule has 0 saturated heterocycles. The second-order valence-electron chi connectivity index (χ2n) is 3.12. The smallest absolute Gasteiger partial charge is 0.135 e. The fourth-order valence-corrected chi connectivity index (χ4v) is 2.49. The first-order valence-electron chi connectivity index (χ1n) is 4.22. The molecule has 2 aromatic rings. The van der Waals surface area contributed by atoms with Gasteiger partial charge in [0.25, 0.3) is 0 Å². The maximum absolute atomic E-state index is 11.0. The molecule has 0 aliphatic carbocycles. The van der Waals surface area contributed by atoms with Crippen molar-refractivity contribution in [2.75, 3.05) is 0 Å². The van der Waals surface area contributed by atoms with Crippen molar-refractivity contribution >= 4 is 27.9 Å². The average Bonchev–Trinajstić information content (AvgIpc) is 2.48. The van der Waals surface area contributed by atoms with Crippen molar-refractivity contribution in [1.82, 2.24) is 0 Å². The van der Waals surface area contributed by atoms with Gasteiger partial charge >= 0.3 is 0 Å². The van der Waals surface area contributed by atoms with Gasteiger partial charge in [-0.2, -0.15) is 0 Å². The standard InChI is InChI=1S/C11H10OS/c1-8(12)6-11-10-5-3-2-4-9(10)7-13-11/h2-5,7H,6H2,1H3. The third kappa shape index (κ3) is 1.63. The van der Waals surface area contributed by atoms with E-state index >= 15 is 0 Å². The van der Waals surface area contributed by atoms with Crippen LogP contribution in [-0.4, -0.2) is 5.78 Å². The molecular weight excluding hydrogens is 180 g/mol. The zero-order chi connectivity index (χ0) is 9.26. The van der Waals surface area contributed by atoms with Crippen molar-refractivity contribution in [3.05, 3.63) is 34.5 Å².